The molecule has 1 aliphatic rings. The minimum Gasteiger partial charge on any atom is -0.411 e. The van der Waals surface area contributed by atoms with Gasteiger partial charge < -0.3 is 4.52 Å². The molecule has 1 aromatic carbocycles. The number of anilines is 1. The summed E-state index contributed by atoms with van der Waals surface area (Å²) in [7, 11) is -3.29. The van der Waals surface area contributed by atoms with Crippen LogP contribution in [0.5, 0.6) is 0 Å². The molecule has 1 aliphatic heterocycles. The molecule has 6 heteroatoms. The molecule has 0 saturated carbocycles. The molecule has 1 heterocycles. The summed E-state index contributed by atoms with van der Waals surface area (Å²) in [6.07, 6.45) is 0. The maximum Gasteiger partial charge on any atom is 0.489 e. The Labute approximate surface area is 105 Å². The predicted octanol–water partition coefficient (Wildman–Crippen LogP) is 3.75. The highest BCUT2D eigenvalue weighted by atomic mass is 35.5. The molecule has 2 rings (SSSR count). The Kier molecular flexibility index (Phi) is 3.77. The van der Waals surface area contributed by atoms with Gasteiger partial charge in [0.2, 0.25) is 0 Å². The van der Waals surface area contributed by atoms with Crippen LogP contribution in [-0.2, 0) is 13.6 Å². The van der Waals surface area contributed by atoms with Crippen molar-refractivity contribution in [3.8, 4) is 0 Å². The Balaban J connectivity index is 2.34. The fourth-order valence-corrected chi connectivity index (χ4v) is 3.54. The van der Waals surface area contributed by atoms with E-state index in [-0.39, 0.29) is 0 Å². The van der Waals surface area contributed by atoms with E-state index in [4.69, 9.17) is 20.6 Å². The zero-order chi connectivity index (χ0) is 12.3. The summed E-state index contributed by atoms with van der Waals surface area (Å²) < 4.78 is 24.6. The quantitative estimate of drug-likeness (QED) is 0.786. The number of rotatable bonds is 3. The summed E-state index contributed by atoms with van der Waals surface area (Å²) in [6.45, 7) is 2.44. The number of hydrogen-bond acceptors (Lipinski definition) is 3. The molecule has 17 heavy (non-hydrogen) atoms. The largest absolute Gasteiger partial charge is 0.489 e. The minimum absolute atomic E-state index is 0.316. The van der Waals surface area contributed by atoms with Crippen molar-refractivity contribution in [2.45, 2.75) is 6.92 Å². The van der Waals surface area contributed by atoms with Gasteiger partial charge in [-0.25, -0.2) is 4.57 Å². The molecule has 0 N–H and O–H groups in total. The molecular weight excluding hydrogens is 261 g/mol. The lowest BCUT2D eigenvalue weighted by molar-refractivity contribution is 0.264. The van der Waals surface area contributed by atoms with Gasteiger partial charge in [-0.1, -0.05) is 29.8 Å². The summed E-state index contributed by atoms with van der Waals surface area (Å²) in [5.41, 5.74) is 2.08. The second kappa shape index (κ2) is 5.13. The van der Waals surface area contributed by atoms with Gasteiger partial charge in [-0.3, -0.25) is 9.19 Å². The van der Waals surface area contributed by atoms with E-state index < -0.39 is 7.75 Å². The fraction of sp³-hybridized carbons (Fsp3) is 0.273. The maximum absolute atomic E-state index is 12.5. The van der Waals surface area contributed by atoms with Crippen LogP contribution in [0, 0.1) is 0 Å². The lowest BCUT2D eigenvalue weighted by Gasteiger charge is -2.21. The molecular formula is C11H13ClNO3P. The van der Waals surface area contributed by atoms with Crippen LogP contribution in [0.2, 0.25) is 0 Å². The van der Waals surface area contributed by atoms with E-state index in [1.165, 1.54) is 5.54 Å². The third-order valence-corrected chi connectivity index (χ3v) is 4.56. The molecule has 0 radical (unpaired) electrons. The molecule has 0 unspecified atom stereocenters. The van der Waals surface area contributed by atoms with Gasteiger partial charge in [0, 0.05) is 11.2 Å². The summed E-state index contributed by atoms with van der Waals surface area (Å²) in [5, 5.41) is 0. The second-order valence-electron chi connectivity index (χ2n) is 3.45. The number of benzene rings is 1. The first-order valence-electron chi connectivity index (χ1n) is 5.26. The highest BCUT2D eigenvalue weighted by Gasteiger charge is 2.42. The normalized spacial score (nSPS) is 26.2. The smallest absolute Gasteiger partial charge is 0.411 e. The predicted molar refractivity (Wildman–Crippen MR) is 68.0 cm³/mol. The van der Waals surface area contributed by atoms with Crippen LogP contribution in [0.25, 0.3) is 0 Å². The summed E-state index contributed by atoms with van der Waals surface area (Å²) >= 11 is 5.60. The van der Waals surface area contributed by atoms with Gasteiger partial charge in [-0.05, 0) is 19.1 Å². The monoisotopic (exact) mass is 273 g/mol. The van der Waals surface area contributed by atoms with Crippen molar-refractivity contribution in [1.82, 2.24) is 0 Å². The fourth-order valence-electron chi connectivity index (χ4n) is 1.61. The Morgan fingerprint density at radius 1 is 1.53 bits per heavy atom. The van der Waals surface area contributed by atoms with Crippen molar-refractivity contribution in [2.75, 3.05) is 17.8 Å². The van der Waals surface area contributed by atoms with Gasteiger partial charge in [0.05, 0.1) is 13.2 Å². The van der Waals surface area contributed by atoms with Gasteiger partial charge in [0.25, 0.3) is 0 Å². The van der Waals surface area contributed by atoms with Crippen LogP contribution in [0.4, 0.5) is 5.69 Å². The molecule has 92 valence electrons. The summed E-state index contributed by atoms with van der Waals surface area (Å²) in [4.78, 5) is 0. The van der Waals surface area contributed by atoms with Crippen LogP contribution < -0.4 is 4.67 Å². The molecule has 0 aliphatic carbocycles. The number of hydrogen-bond donors (Lipinski definition) is 0. The molecule has 1 saturated heterocycles. The van der Waals surface area contributed by atoms with Crippen LogP contribution >= 0.6 is 19.3 Å². The van der Waals surface area contributed by atoms with Gasteiger partial charge in [0.1, 0.15) is 5.76 Å². The van der Waals surface area contributed by atoms with Gasteiger partial charge in [0.15, 0.2) is 0 Å². The molecule has 0 bridgehead atoms. The first kappa shape index (κ1) is 12.5. The molecule has 0 aromatic heterocycles. The topological polar surface area (TPSA) is 38.8 Å². The number of nitrogens with zero attached hydrogens (tertiary/aromatic N) is 1. The lowest BCUT2D eigenvalue weighted by Crippen LogP contribution is -2.15. The van der Waals surface area contributed by atoms with Crippen LogP contribution in [0.15, 0.2) is 41.6 Å². The third kappa shape index (κ3) is 2.49. The summed E-state index contributed by atoms with van der Waals surface area (Å²) in [5.74, 6) is 0.451. The Bertz CT molecular complexity index is 463. The molecule has 0 amide bonds. The lowest BCUT2D eigenvalue weighted by atomic mass is 10.3. The number of halogens is 1. The van der Waals surface area contributed by atoms with Crippen LogP contribution in [0.1, 0.15) is 6.92 Å². The minimum atomic E-state index is -3.29. The Morgan fingerprint density at radius 3 is 2.82 bits per heavy atom. The van der Waals surface area contributed by atoms with E-state index in [9.17, 15) is 4.57 Å². The number of para-hydroxylation sites is 1. The van der Waals surface area contributed by atoms with Crippen LogP contribution in [0.3, 0.4) is 0 Å². The third-order valence-electron chi connectivity index (χ3n) is 2.30. The van der Waals surface area contributed by atoms with Crippen molar-refractivity contribution >= 4 is 25.0 Å². The highest BCUT2D eigenvalue weighted by molar-refractivity contribution is 7.56. The highest BCUT2D eigenvalue weighted by Crippen LogP contribution is 2.60. The van der Waals surface area contributed by atoms with Crippen molar-refractivity contribution < 1.29 is 13.6 Å². The second-order valence-corrected chi connectivity index (χ2v) is 5.53. The first-order valence-corrected chi connectivity index (χ1v) is 7.19. The Hall–Kier alpha value is -0.960. The van der Waals surface area contributed by atoms with Crippen LogP contribution in [-0.4, -0.2) is 13.2 Å². The molecule has 1 fully saturated rings. The van der Waals surface area contributed by atoms with E-state index in [2.05, 4.69) is 0 Å². The molecule has 4 nitrogen and oxygen atoms in total. The maximum atomic E-state index is 12.5. The van der Waals surface area contributed by atoms with E-state index in [0.717, 1.165) is 5.69 Å². The van der Waals surface area contributed by atoms with Crippen molar-refractivity contribution in [3.05, 3.63) is 41.6 Å². The van der Waals surface area contributed by atoms with E-state index in [0.29, 0.717) is 18.9 Å². The van der Waals surface area contributed by atoms with Gasteiger partial charge in [-0.15, -0.1) is 0 Å². The van der Waals surface area contributed by atoms with Crippen molar-refractivity contribution in [2.24, 2.45) is 0 Å². The zero-order valence-electron chi connectivity index (χ0n) is 9.38. The SMILES string of the molecule is CCO[P@@]1(=O)O/C(=C\Cl)CN1c1ccccc1. The molecule has 0 spiro atoms. The van der Waals surface area contributed by atoms with Crippen molar-refractivity contribution in [1.29, 1.82) is 0 Å². The van der Waals surface area contributed by atoms with Gasteiger partial charge in [-0.2, -0.15) is 0 Å². The van der Waals surface area contributed by atoms with Gasteiger partial charge >= 0.3 is 7.75 Å². The molecule has 1 atom stereocenters. The zero-order valence-corrected chi connectivity index (χ0v) is 11.0. The molecule has 1 aromatic rings. The standard InChI is InChI=1S/C11H13ClNO3P/c1-2-15-17(14)13(9-11(8-12)16-17)10-6-4-3-5-7-10/h3-8H,2,9H2,1H3/b11-8-/t17-/m1/s1. The summed E-state index contributed by atoms with van der Waals surface area (Å²) in [6, 6.07) is 9.34. The van der Waals surface area contributed by atoms with E-state index >= 15 is 0 Å². The van der Waals surface area contributed by atoms with E-state index in [1.807, 2.05) is 30.3 Å². The Morgan fingerprint density at radius 2 is 2.24 bits per heavy atom. The van der Waals surface area contributed by atoms with Crippen molar-refractivity contribution in [3.63, 3.8) is 0 Å². The first-order chi connectivity index (χ1) is 8.19. The van der Waals surface area contributed by atoms with E-state index in [1.54, 1.807) is 11.6 Å². The average molecular weight is 274 g/mol. The average Bonchev–Trinajstić information content (AvgIpc) is 2.68.